The van der Waals surface area contributed by atoms with Gasteiger partial charge in [0.2, 0.25) is 0 Å². The number of fused-ring (bicyclic) bond motifs is 2. The van der Waals surface area contributed by atoms with Crippen molar-refractivity contribution in [2.24, 2.45) is 0 Å². The number of H-pyrrole nitrogens is 1. The summed E-state index contributed by atoms with van der Waals surface area (Å²) in [6, 6.07) is 12.7. The van der Waals surface area contributed by atoms with E-state index >= 15 is 0 Å². The molecule has 0 amide bonds. The highest BCUT2D eigenvalue weighted by atomic mass is 19.1. The van der Waals surface area contributed by atoms with Crippen LogP contribution in [0.5, 0.6) is 0 Å². The quantitative estimate of drug-likeness (QED) is 0.591. The molecule has 0 fully saturated rings. The van der Waals surface area contributed by atoms with Gasteiger partial charge in [0.1, 0.15) is 29.3 Å². The van der Waals surface area contributed by atoms with Crippen molar-refractivity contribution >= 4 is 27.8 Å². The lowest BCUT2D eigenvalue weighted by Gasteiger charge is -2.16. The van der Waals surface area contributed by atoms with Gasteiger partial charge in [-0.15, -0.1) is 0 Å². The number of nitrogens with one attached hydrogen (secondary N) is 2. The van der Waals surface area contributed by atoms with Crippen LogP contribution < -0.4 is 5.32 Å². The number of anilines is 1. The first kappa shape index (κ1) is 14.6. The Kier molecular flexibility index (Phi) is 3.57. The summed E-state index contributed by atoms with van der Waals surface area (Å²) in [7, 11) is 0. The lowest BCUT2D eigenvalue weighted by molar-refractivity contribution is 0.636. The standard InChI is InChI=1S/C18H16FN5/c1-2-13(18-23-14-8-3-4-9-15(14)24-18)22-17-11-6-5-7-12(19)16(11)20-10-21-17/h3-10,13H,2H2,1H3,(H,23,24)(H,20,21,22). The second-order valence-electron chi connectivity index (χ2n) is 5.60. The van der Waals surface area contributed by atoms with Gasteiger partial charge in [-0.3, -0.25) is 0 Å². The van der Waals surface area contributed by atoms with Crippen LogP contribution in [0, 0.1) is 5.82 Å². The Balaban J connectivity index is 1.74. The summed E-state index contributed by atoms with van der Waals surface area (Å²) >= 11 is 0. The third-order valence-electron chi connectivity index (χ3n) is 4.07. The Bertz CT molecular complexity index is 978. The number of halogens is 1. The molecule has 0 saturated heterocycles. The molecular formula is C18H16FN5. The number of rotatable bonds is 4. The average molecular weight is 321 g/mol. The number of aromatic nitrogens is 4. The molecule has 24 heavy (non-hydrogen) atoms. The van der Waals surface area contributed by atoms with Crippen LogP contribution in [-0.2, 0) is 0 Å². The lowest BCUT2D eigenvalue weighted by Crippen LogP contribution is -2.13. The Morgan fingerprint density at radius 1 is 1.12 bits per heavy atom. The fourth-order valence-electron chi connectivity index (χ4n) is 2.83. The molecule has 6 heteroatoms. The number of para-hydroxylation sites is 3. The molecule has 4 aromatic rings. The number of imidazole rings is 1. The smallest absolute Gasteiger partial charge is 0.149 e. The largest absolute Gasteiger partial charge is 0.360 e. The van der Waals surface area contributed by atoms with Gasteiger partial charge in [0, 0.05) is 5.39 Å². The zero-order chi connectivity index (χ0) is 16.5. The van der Waals surface area contributed by atoms with Crippen molar-refractivity contribution < 1.29 is 4.39 Å². The van der Waals surface area contributed by atoms with Crippen LogP contribution in [0.4, 0.5) is 10.2 Å². The molecular weight excluding hydrogens is 305 g/mol. The molecule has 0 aliphatic heterocycles. The molecule has 0 spiro atoms. The van der Waals surface area contributed by atoms with E-state index in [2.05, 4.69) is 32.2 Å². The molecule has 0 bridgehead atoms. The number of aromatic amines is 1. The van der Waals surface area contributed by atoms with Crippen molar-refractivity contribution in [2.75, 3.05) is 5.32 Å². The van der Waals surface area contributed by atoms with E-state index in [0.29, 0.717) is 16.7 Å². The van der Waals surface area contributed by atoms with Crippen molar-refractivity contribution in [2.45, 2.75) is 19.4 Å². The van der Waals surface area contributed by atoms with E-state index in [1.54, 1.807) is 6.07 Å². The molecule has 0 aliphatic rings. The number of benzene rings is 2. The summed E-state index contributed by atoms with van der Waals surface area (Å²) in [6.45, 7) is 2.06. The summed E-state index contributed by atoms with van der Waals surface area (Å²) in [4.78, 5) is 16.3. The predicted octanol–water partition coefficient (Wildman–Crippen LogP) is 4.21. The van der Waals surface area contributed by atoms with Gasteiger partial charge in [-0.05, 0) is 30.7 Å². The normalized spacial score (nSPS) is 12.6. The monoisotopic (exact) mass is 321 g/mol. The maximum atomic E-state index is 13.9. The van der Waals surface area contributed by atoms with E-state index in [1.807, 2.05) is 30.3 Å². The van der Waals surface area contributed by atoms with Crippen molar-refractivity contribution in [1.29, 1.82) is 0 Å². The highest BCUT2D eigenvalue weighted by molar-refractivity contribution is 5.89. The SMILES string of the molecule is CCC(Nc1ncnc2c(F)cccc12)c1nc2ccccc2[nH]1. The van der Waals surface area contributed by atoms with Gasteiger partial charge in [0.25, 0.3) is 0 Å². The van der Waals surface area contributed by atoms with Crippen LogP contribution in [0.2, 0.25) is 0 Å². The molecule has 0 saturated carbocycles. The Morgan fingerprint density at radius 3 is 2.83 bits per heavy atom. The molecule has 4 rings (SSSR count). The Hall–Kier alpha value is -3.02. The predicted molar refractivity (Wildman–Crippen MR) is 92.2 cm³/mol. The van der Waals surface area contributed by atoms with E-state index in [9.17, 15) is 4.39 Å². The summed E-state index contributed by atoms with van der Waals surface area (Å²) in [6.07, 6.45) is 2.18. The average Bonchev–Trinajstić information content (AvgIpc) is 3.04. The van der Waals surface area contributed by atoms with Crippen LogP contribution in [-0.4, -0.2) is 19.9 Å². The van der Waals surface area contributed by atoms with E-state index in [-0.39, 0.29) is 11.9 Å². The Morgan fingerprint density at radius 2 is 2.00 bits per heavy atom. The van der Waals surface area contributed by atoms with Crippen molar-refractivity contribution in [3.8, 4) is 0 Å². The molecule has 1 unspecified atom stereocenters. The van der Waals surface area contributed by atoms with E-state index in [1.165, 1.54) is 12.4 Å². The van der Waals surface area contributed by atoms with Crippen LogP contribution in [0.15, 0.2) is 48.8 Å². The molecule has 120 valence electrons. The maximum Gasteiger partial charge on any atom is 0.149 e. The van der Waals surface area contributed by atoms with Crippen LogP contribution in [0.3, 0.4) is 0 Å². The minimum Gasteiger partial charge on any atom is -0.360 e. The van der Waals surface area contributed by atoms with Crippen LogP contribution >= 0.6 is 0 Å². The number of hydrogen-bond donors (Lipinski definition) is 2. The first-order valence-corrected chi connectivity index (χ1v) is 7.86. The van der Waals surface area contributed by atoms with Crippen molar-refractivity contribution in [1.82, 2.24) is 19.9 Å². The minimum absolute atomic E-state index is 0.0567. The lowest BCUT2D eigenvalue weighted by atomic mass is 10.2. The number of hydrogen-bond acceptors (Lipinski definition) is 4. The third-order valence-corrected chi connectivity index (χ3v) is 4.07. The summed E-state index contributed by atoms with van der Waals surface area (Å²) in [5.41, 5.74) is 2.23. The highest BCUT2D eigenvalue weighted by Crippen LogP contribution is 2.27. The molecule has 0 radical (unpaired) electrons. The van der Waals surface area contributed by atoms with Gasteiger partial charge >= 0.3 is 0 Å². The van der Waals surface area contributed by atoms with E-state index in [4.69, 9.17) is 0 Å². The second-order valence-corrected chi connectivity index (χ2v) is 5.60. The molecule has 1 atom stereocenters. The zero-order valence-corrected chi connectivity index (χ0v) is 13.1. The fraction of sp³-hybridized carbons (Fsp3) is 0.167. The molecule has 2 heterocycles. The van der Waals surface area contributed by atoms with Gasteiger partial charge in [-0.25, -0.2) is 19.3 Å². The van der Waals surface area contributed by atoms with Crippen molar-refractivity contribution in [3.05, 3.63) is 60.4 Å². The topological polar surface area (TPSA) is 66.5 Å². The van der Waals surface area contributed by atoms with Gasteiger partial charge in [0.05, 0.1) is 17.1 Å². The first-order valence-electron chi connectivity index (χ1n) is 7.86. The van der Waals surface area contributed by atoms with E-state index in [0.717, 1.165) is 23.3 Å². The summed E-state index contributed by atoms with van der Waals surface area (Å²) in [5.74, 6) is 1.09. The van der Waals surface area contributed by atoms with Crippen LogP contribution in [0.25, 0.3) is 21.9 Å². The molecule has 5 nitrogen and oxygen atoms in total. The molecule has 2 aromatic carbocycles. The summed E-state index contributed by atoms with van der Waals surface area (Å²) in [5, 5.41) is 4.02. The highest BCUT2D eigenvalue weighted by Gasteiger charge is 2.16. The van der Waals surface area contributed by atoms with E-state index < -0.39 is 0 Å². The maximum absolute atomic E-state index is 13.9. The fourth-order valence-corrected chi connectivity index (χ4v) is 2.83. The zero-order valence-electron chi connectivity index (χ0n) is 13.1. The molecule has 2 N–H and O–H groups in total. The van der Waals surface area contributed by atoms with Crippen LogP contribution in [0.1, 0.15) is 25.2 Å². The Labute approximate surface area is 138 Å². The number of nitrogens with zero attached hydrogens (tertiary/aromatic N) is 3. The minimum atomic E-state index is -0.352. The van der Waals surface area contributed by atoms with Gasteiger partial charge < -0.3 is 10.3 Å². The second kappa shape index (κ2) is 5.88. The summed E-state index contributed by atoms with van der Waals surface area (Å²) < 4.78 is 13.9. The van der Waals surface area contributed by atoms with Gasteiger partial charge in [-0.2, -0.15) is 0 Å². The van der Waals surface area contributed by atoms with Gasteiger partial charge in [0.15, 0.2) is 0 Å². The van der Waals surface area contributed by atoms with Gasteiger partial charge in [-0.1, -0.05) is 25.1 Å². The molecule has 0 aliphatic carbocycles. The first-order chi connectivity index (χ1) is 11.8. The molecule has 2 aromatic heterocycles. The van der Waals surface area contributed by atoms with Crippen molar-refractivity contribution in [3.63, 3.8) is 0 Å². The third kappa shape index (κ3) is 2.46.